The van der Waals surface area contributed by atoms with E-state index in [1.807, 2.05) is 31.2 Å². The number of hydrogen-bond donors (Lipinski definition) is 3. The lowest BCUT2D eigenvalue weighted by Gasteiger charge is -2.09. The largest absolute Gasteiger partial charge is 0.465 e. The Kier molecular flexibility index (Phi) is 3.98. The molecule has 5 heteroatoms. The number of rotatable bonds is 4. The number of anilines is 2. The Morgan fingerprint density at radius 2 is 2.00 bits per heavy atom. The summed E-state index contributed by atoms with van der Waals surface area (Å²) < 4.78 is 1.29. The molecule has 4 nitrogen and oxygen atoms in total. The van der Waals surface area contributed by atoms with Crippen molar-refractivity contribution in [1.82, 2.24) is 0 Å². The van der Waals surface area contributed by atoms with Gasteiger partial charge in [-0.25, -0.2) is 4.79 Å². The van der Waals surface area contributed by atoms with Crippen molar-refractivity contribution in [2.45, 2.75) is 13.5 Å². The van der Waals surface area contributed by atoms with Gasteiger partial charge in [-0.1, -0.05) is 18.2 Å². The average Bonchev–Trinajstić information content (AvgIpc) is 2.90. The highest BCUT2D eigenvalue weighted by molar-refractivity contribution is 7.19. The topological polar surface area (TPSA) is 61.4 Å². The Hall–Kier alpha value is -2.53. The molecule has 0 aliphatic rings. The zero-order chi connectivity index (χ0) is 15.5. The fourth-order valence-electron chi connectivity index (χ4n) is 2.34. The van der Waals surface area contributed by atoms with Crippen LogP contribution in [0.1, 0.15) is 10.4 Å². The third-order valence-corrected chi connectivity index (χ3v) is 4.53. The van der Waals surface area contributed by atoms with Crippen molar-refractivity contribution < 1.29 is 9.90 Å². The number of nitrogens with one attached hydrogen (secondary N) is 2. The fraction of sp³-hybridized carbons (Fsp3) is 0.118. The zero-order valence-corrected chi connectivity index (χ0v) is 12.9. The van der Waals surface area contributed by atoms with E-state index >= 15 is 0 Å². The molecular weight excluding hydrogens is 296 g/mol. The molecule has 3 aromatic rings. The molecule has 0 saturated carbocycles. The highest BCUT2D eigenvalue weighted by Gasteiger charge is 2.04. The molecule has 0 aliphatic heterocycles. The Labute approximate surface area is 132 Å². The number of fused-ring (bicyclic) bond motifs is 1. The summed E-state index contributed by atoms with van der Waals surface area (Å²) in [6.07, 6.45) is -1.05. The molecule has 0 aliphatic carbocycles. The molecule has 3 N–H and O–H groups in total. The van der Waals surface area contributed by atoms with Crippen LogP contribution in [-0.2, 0) is 6.54 Å². The van der Waals surface area contributed by atoms with Crippen LogP contribution in [0.4, 0.5) is 16.2 Å². The van der Waals surface area contributed by atoms with Gasteiger partial charge < -0.3 is 10.4 Å². The predicted molar refractivity (Wildman–Crippen MR) is 92.0 cm³/mol. The summed E-state index contributed by atoms with van der Waals surface area (Å²) in [5.74, 6) is 0. The molecule has 0 bridgehead atoms. The van der Waals surface area contributed by atoms with Crippen LogP contribution < -0.4 is 10.6 Å². The van der Waals surface area contributed by atoms with Gasteiger partial charge in [0, 0.05) is 27.5 Å². The summed E-state index contributed by atoms with van der Waals surface area (Å²) in [4.78, 5) is 11.9. The van der Waals surface area contributed by atoms with Crippen LogP contribution in [0.15, 0.2) is 48.5 Å². The van der Waals surface area contributed by atoms with E-state index in [4.69, 9.17) is 5.11 Å². The van der Waals surface area contributed by atoms with E-state index in [9.17, 15) is 4.79 Å². The van der Waals surface area contributed by atoms with Crippen LogP contribution in [-0.4, -0.2) is 11.2 Å². The Bertz CT molecular complexity index is 793. The molecule has 0 atom stereocenters. The highest BCUT2D eigenvalue weighted by Crippen LogP contribution is 2.26. The lowest BCUT2D eigenvalue weighted by Crippen LogP contribution is -2.08. The van der Waals surface area contributed by atoms with Gasteiger partial charge in [-0.05, 0) is 48.2 Å². The maximum atomic E-state index is 10.7. The van der Waals surface area contributed by atoms with Gasteiger partial charge >= 0.3 is 6.09 Å². The van der Waals surface area contributed by atoms with Crippen LogP contribution in [0.25, 0.3) is 10.1 Å². The van der Waals surface area contributed by atoms with Crippen molar-refractivity contribution in [2.75, 3.05) is 10.6 Å². The minimum Gasteiger partial charge on any atom is -0.465 e. The molecule has 0 spiro atoms. The quantitative estimate of drug-likeness (QED) is 0.641. The van der Waals surface area contributed by atoms with Crippen molar-refractivity contribution in [3.63, 3.8) is 0 Å². The molecule has 0 saturated heterocycles. The molecule has 3 rings (SSSR count). The third-order valence-electron chi connectivity index (χ3n) is 3.41. The van der Waals surface area contributed by atoms with Crippen LogP contribution in [0.3, 0.4) is 0 Å². The first-order valence-corrected chi connectivity index (χ1v) is 7.75. The molecule has 1 aromatic heterocycles. The number of thiophene rings is 1. The lowest BCUT2D eigenvalue weighted by atomic mass is 10.1. The van der Waals surface area contributed by atoms with Crippen LogP contribution in [0, 0.1) is 6.92 Å². The van der Waals surface area contributed by atoms with Gasteiger partial charge in [0.05, 0.1) is 0 Å². The van der Waals surface area contributed by atoms with E-state index in [0.717, 1.165) is 17.8 Å². The number of hydrogen-bond acceptors (Lipinski definition) is 3. The van der Waals surface area contributed by atoms with E-state index < -0.39 is 6.09 Å². The van der Waals surface area contributed by atoms with Crippen LogP contribution in [0.2, 0.25) is 0 Å². The van der Waals surface area contributed by atoms with E-state index in [2.05, 4.69) is 28.8 Å². The van der Waals surface area contributed by atoms with Gasteiger partial charge in [0.2, 0.25) is 0 Å². The number of aryl methyl sites for hydroxylation is 1. The maximum absolute atomic E-state index is 10.7. The summed E-state index contributed by atoms with van der Waals surface area (Å²) >= 11 is 1.78. The lowest BCUT2D eigenvalue weighted by molar-refractivity contribution is 0.209. The molecular formula is C17H16N2O2S. The molecule has 0 unspecified atom stereocenters. The first-order valence-electron chi connectivity index (χ1n) is 6.94. The number of carbonyl (C=O) groups is 1. The van der Waals surface area contributed by atoms with Gasteiger partial charge in [-0.3, -0.25) is 5.32 Å². The first kappa shape index (κ1) is 14.4. The molecule has 1 amide bonds. The Morgan fingerprint density at radius 1 is 1.18 bits per heavy atom. The van der Waals surface area contributed by atoms with Gasteiger partial charge in [0.25, 0.3) is 0 Å². The van der Waals surface area contributed by atoms with Crippen molar-refractivity contribution in [3.05, 3.63) is 59.0 Å². The SMILES string of the molecule is Cc1cc(NCc2cc3ccccc3s2)ccc1NC(=O)O. The van der Waals surface area contributed by atoms with E-state index in [0.29, 0.717) is 5.69 Å². The molecule has 112 valence electrons. The third kappa shape index (κ3) is 3.20. The first-order chi connectivity index (χ1) is 10.6. The highest BCUT2D eigenvalue weighted by atomic mass is 32.1. The van der Waals surface area contributed by atoms with Crippen LogP contribution in [0.5, 0.6) is 0 Å². The molecule has 1 heterocycles. The van der Waals surface area contributed by atoms with Crippen molar-refractivity contribution in [2.24, 2.45) is 0 Å². The molecule has 0 fully saturated rings. The summed E-state index contributed by atoms with van der Waals surface area (Å²) in [7, 11) is 0. The zero-order valence-electron chi connectivity index (χ0n) is 12.1. The number of amides is 1. The minimum atomic E-state index is -1.05. The molecule has 22 heavy (non-hydrogen) atoms. The summed E-state index contributed by atoms with van der Waals surface area (Å²) in [5, 5.41) is 15.8. The van der Waals surface area contributed by atoms with Gasteiger partial charge in [-0.2, -0.15) is 0 Å². The molecule has 0 radical (unpaired) electrons. The van der Waals surface area contributed by atoms with Gasteiger partial charge in [0.15, 0.2) is 0 Å². The van der Waals surface area contributed by atoms with Gasteiger partial charge in [-0.15, -0.1) is 11.3 Å². The molecule has 2 aromatic carbocycles. The second-order valence-corrected chi connectivity index (χ2v) is 6.23. The number of benzene rings is 2. The average molecular weight is 312 g/mol. The normalized spacial score (nSPS) is 10.6. The maximum Gasteiger partial charge on any atom is 0.409 e. The van der Waals surface area contributed by atoms with E-state index in [-0.39, 0.29) is 0 Å². The Morgan fingerprint density at radius 3 is 2.73 bits per heavy atom. The van der Waals surface area contributed by atoms with Crippen molar-refractivity contribution in [1.29, 1.82) is 0 Å². The van der Waals surface area contributed by atoms with Crippen LogP contribution >= 0.6 is 11.3 Å². The fourth-order valence-corrected chi connectivity index (χ4v) is 3.35. The summed E-state index contributed by atoms with van der Waals surface area (Å²) in [6, 6.07) is 16.1. The van der Waals surface area contributed by atoms with Crippen molar-refractivity contribution in [3.8, 4) is 0 Å². The Balaban J connectivity index is 1.70. The van der Waals surface area contributed by atoms with E-state index in [1.165, 1.54) is 15.0 Å². The standard InChI is InChI=1S/C17H16N2O2S/c1-11-8-13(6-7-15(11)19-17(20)21)18-10-14-9-12-4-2-3-5-16(12)22-14/h2-9,18-19H,10H2,1H3,(H,20,21). The van der Waals surface area contributed by atoms with Crippen molar-refractivity contribution >= 4 is 38.9 Å². The second kappa shape index (κ2) is 6.07. The predicted octanol–water partition coefficient (Wildman–Crippen LogP) is 4.91. The monoisotopic (exact) mass is 312 g/mol. The number of carboxylic acid groups (broad SMARTS) is 1. The van der Waals surface area contributed by atoms with E-state index in [1.54, 1.807) is 17.4 Å². The second-order valence-electron chi connectivity index (χ2n) is 5.06. The minimum absolute atomic E-state index is 0.611. The smallest absolute Gasteiger partial charge is 0.409 e. The summed E-state index contributed by atoms with van der Waals surface area (Å²) in [6.45, 7) is 2.64. The summed E-state index contributed by atoms with van der Waals surface area (Å²) in [5.41, 5.74) is 2.48. The van der Waals surface area contributed by atoms with Gasteiger partial charge in [0.1, 0.15) is 0 Å².